The fourth-order valence-electron chi connectivity index (χ4n) is 1.35. The predicted molar refractivity (Wildman–Crippen MR) is 67.9 cm³/mol. The van der Waals surface area contributed by atoms with Crippen LogP contribution >= 0.6 is 15.9 Å². The summed E-state index contributed by atoms with van der Waals surface area (Å²) in [5.74, 6) is -2.62. The van der Waals surface area contributed by atoms with E-state index in [0.29, 0.717) is 6.07 Å². The van der Waals surface area contributed by atoms with E-state index in [0.717, 1.165) is 6.07 Å². The van der Waals surface area contributed by atoms with Crippen molar-refractivity contribution < 1.29 is 17.9 Å². The van der Waals surface area contributed by atoms with Crippen molar-refractivity contribution in [1.82, 2.24) is 4.98 Å². The zero-order valence-corrected chi connectivity index (χ0v) is 11.3. The van der Waals surface area contributed by atoms with Gasteiger partial charge in [-0.25, -0.2) is 13.2 Å². The molecule has 1 N–H and O–H groups in total. The Morgan fingerprint density at radius 3 is 2.47 bits per heavy atom. The van der Waals surface area contributed by atoms with Crippen molar-refractivity contribution >= 4 is 21.7 Å². The average Bonchev–Trinajstić information content (AvgIpc) is 2.37. The maximum atomic E-state index is 13.5. The molecule has 0 amide bonds. The summed E-state index contributed by atoms with van der Waals surface area (Å²) in [7, 11) is 1.45. The zero-order valence-electron chi connectivity index (χ0n) is 9.68. The second kappa shape index (κ2) is 5.48. The fourth-order valence-corrected chi connectivity index (χ4v) is 1.71. The van der Waals surface area contributed by atoms with Crippen LogP contribution in [0.15, 0.2) is 28.7 Å². The molecule has 19 heavy (non-hydrogen) atoms. The molecule has 0 aliphatic heterocycles. The standard InChI is InChI=1S/C12H8BrF3N2O/c1-17-11-9(15)5-10(16)12(18-11)19-6-2-3-8(14)7(13)4-6/h2-5H,1H3,(H,17,18). The average molecular weight is 333 g/mol. The summed E-state index contributed by atoms with van der Waals surface area (Å²) in [6.45, 7) is 0. The van der Waals surface area contributed by atoms with Gasteiger partial charge in [-0.15, -0.1) is 0 Å². The molecule has 0 radical (unpaired) electrons. The largest absolute Gasteiger partial charge is 0.436 e. The van der Waals surface area contributed by atoms with Crippen LogP contribution in [0.25, 0.3) is 0 Å². The van der Waals surface area contributed by atoms with E-state index in [4.69, 9.17) is 4.74 Å². The highest BCUT2D eigenvalue weighted by atomic mass is 79.9. The molecule has 0 saturated heterocycles. The van der Waals surface area contributed by atoms with E-state index in [2.05, 4.69) is 26.2 Å². The molecular weight excluding hydrogens is 325 g/mol. The summed E-state index contributed by atoms with van der Waals surface area (Å²) in [6.07, 6.45) is 0. The van der Waals surface area contributed by atoms with Crippen LogP contribution in [0.4, 0.5) is 19.0 Å². The fraction of sp³-hybridized carbons (Fsp3) is 0.0833. The Labute approximate surface area is 115 Å². The van der Waals surface area contributed by atoms with E-state index < -0.39 is 23.3 Å². The molecule has 3 nitrogen and oxygen atoms in total. The van der Waals surface area contributed by atoms with Crippen molar-refractivity contribution in [2.75, 3.05) is 12.4 Å². The Morgan fingerprint density at radius 1 is 1.11 bits per heavy atom. The van der Waals surface area contributed by atoms with Gasteiger partial charge in [-0.3, -0.25) is 0 Å². The highest BCUT2D eigenvalue weighted by molar-refractivity contribution is 9.10. The number of benzene rings is 1. The molecule has 1 heterocycles. The normalized spacial score (nSPS) is 10.4. The number of nitrogens with zero attached hydrogens (tertiary/aromatic N) is 1. The van der Waals surface area contributed by atoms with E-state index in [1.54, 1.807) is 0 Å². The molecule has 0 saturated carbocycles. The van der Waals surface area contributed by atoms with Gasteiger partial charge in [-0.1, -0.05) is 0 Å². The summed E-state index contributed by atoms with van der Waals surface area (Å²) in [4.78, 5) is 3.65. The number of nitrogens with one attached hydrogen (secondary N) is 1. The van der Waals surface area contributed by atoms with Crippen LogP contribution in [-0.2, 0) is 0 Å². The molecule has 0 atom stereocenters. The molecule has 0 unspecified atom stereocenters. The van der Waals surface area contributed by atoms with Gasteiger partial charge in [0.1, 0.15) is 11.6 Å². The van der Waals surface area contributed by atoms with Crippen molar-refractivity contribution in [3.63, 3.8) is 0 Å². The Bertz CT molecular complexity index is 622. The third-order valence-electron chi connectivity index (χ3n) is 2.24. The Kier molecular flexibility index (Phi) is 3.94. The first kappa shape index (κ1) is 13.7. The number of aromatic nitrogens is 1. The molecule has 0 aliphatic carbocycles. The van der Waals surface area contributed by atoms with Crippen molar-refractivity contribution in [2.24, 2.45) is 0 Å². The molecule has 0 fully saturated rings. The van der Waals surface area contributed by atoms with Gasteiger partial charge in [-0.05, 0) is 34.1 Å². The minimum atomic E-state index is -0.947. The van der Waals surface area contributed by atoms with Gasteiger partial charge in [0.25, 0.3) is 5.88 Å². The van der Waals surface area contributed by atoms with Crippen molar-refractivity contribution in [3.8, 4) is 11.6 Å². The molecule has 1 aromatic heterocycles. The minimum absolute atomic E-state index is 0.141. The molecule has 2 aromatic rings. The van der Waals surface area contributed by atoms with Gasteiger partial charge in [0.15, 0.2) is 17.5 Å². The van der Waals surface area contributed by atoms with E-state index >= 15 is 0 Å². The molecule has 100 valence electrons. The monoisotopic (exact) mass is 332 g/mol. The predicted octanol–water partition coefficient (Wildman–Crippen LogP) is 4.10. The summed E-state index contributed by atoms with van der Waals surface area (Å²) in [5.41, 5.74) is 0. The van der Waals surface area contributed by atoms with Gasteiger partial charge in [-0.2, -0.15) is 4.98 Å². The lowest BCUT2D eigenvalue weighted by atomic mass is 10.3. The van der Waals surface area contributed by atoms with Gasteiger partial charge < -0.3 is 10.1 Å². The van der Waals surface area contributed by atoms with Crippen molar-refractivity contribution in [1.29, 1.82) is 0 Å². The van der Waals surface area contributed by atoms with Crippen LogP contribution in [0, 0.1) is 17.5 Å². The van der Waals surface area contributed by atoms with Crippen LogP contribution in [0.3, 0.4) is 0 Å². The molecule has 7 heteroatoms. The molecule has 2 rings (SSSR count). The van der Waals surface area contributed by atoms with Crippen LogP contribution < -0.4 is 10.1 Å². The van der Waals surface area contributed by atoms with Gasteiger partial charge >= 0.3 is 0 Å². The number of pyridine rings is 1. The first-order valence-electron chi connectivity index (χ1n) is 5.18. The third-order valence-corrected chi connectivity index (χ3v) is 2.85. The van der Waals surface area contributed by atoms with E-state index in [-0.39, 0.29) is 16.0 Å². The lowest BCUT2D eigenvalue weighted by molar-refractivity contribution is 0.417. The van der Waals surface area contributed by atoms with E-state index in [9.17, 15) is 13.2 Å². The quantitative estimate of drug-likeness (QED) is 0.918. The van der Waals surface area contributed by atoms with Crippen LogP contribution in [0.1, 0.15) is 0 Å². The van der Waals surface area contributed by atoms with Crippen molar-refractivity contribution in [2.45, 2.75) is 0 Å². The van der Waals surface area contributed by atoms with Gasteiger partial charge in [0.05, 0.1) is 4.47 Å². The SMILES string of the molecule is CNc1nc(Oc2ccc(F)c(Br)c2)c(F)cc1F. The maximum Gasteiger partial charge on any atom is 0.258 e. The second-order valence-electron chi connectivity index (χ2n) is 3.53. The number of hydrogen-bond donors (Lipinski definition) is 1. The molecule has 0 aliphatic rings. The topological polar surface area (TPSA) is 34.2 Å². The number of halogens is 4. The zero-order chi connectivity index (χ0) is 14.0. The molecular formula is C12H8BrF3N2O. The third kappa shape index (κ3) is 2.98. The summed E-state index contributed by atoms with van der Waals surface area (Å²) < 4.78 is 45.1. The summed E-state index contributed by atoms with van der Waals surface area (Å²) >= 11 is 2.98. The Balaban J connectivity index is 2.34. The number of ether oxygens (including phenoxy) is 1. The molecule has 1 aromatic carbocycles. The van der Waals surface area contributed by atoms with E-state index in [1.807, 2.05) is 0 Å². The maximum absolute atomic E-state index is 13.5. The minimum Gasteiger partial charge on any atom is -0.436 e. The second-order valence-corrected chi connectivity index (χ2v) is 4.39. The van der Waals surface area contributed by atoms with Crippen LogP contribution in [0.2, 0.25) is 0 Å². The summed E-state index contributed by atoms with van der Waals surface area (Å²) in [5, 5.41) is 2.47. The first-order chi connectivity index (χ1) is 9.01. The number of anilines is 1. The first-order valence-corrected chi connectivity index (χ1v) is 5.97. The highest BCUT2D eigenvalue weighted by Gasteiger charge is 2.13. The van der Waals surface area contributed by atoms with Crippen LogP contribution in [0.5, 0.6) is 11.6 Å². The van der Waals surface area contributed by atoms with E-state index in [1.165, 1.54) is 19.2 Å². The van der Waals surface area contributed by atoms with Gasteiger partial charge in [0, 0.05) is 13.1 Å². The Morgan fingerprint density at radius 2 is 1.84 bits per heavy atom. The summed E-state index contributed by atoms with van der Waals surface area (Å²) in [6, 6.07) is 4.44. The molecule has 0 spiro atoms. The van der Waals surface area contributed by atoms with Gasteiger partial charge in [0.2, 0.25) is 0 Å². The lowest BCUT2D eigenvalue weighted by Gasteiger charge is -2.09. The highest BCUT2D eigenvalue weighted by Crippen LogP contribution is 2.28. The smallest absolute Gasteiger partial charge is 0.258 e. The van der Waals surface area contributed by atoms with Crippen LogP contribution in [-0.4, -0.2) is 12.0 Å². The number of rotatable bonds is 3. The number of hydrogen-bond acceptors (Lipinski definition) is 3. The molecule has 0 bridgehead atoms. The Hall–Kier alpha value is -1.76. The lowest BCUT2D eigenvalue weighted by Crippen LogP contribution is -2.01. The van der Waals surface area contributed by atoms with Crippen molar-refractivity contribution in [3.05, 3.63) is 46.2 Å².